The molecule has 1 aliphatic rings. The minimum Gasteiger partial charge on any atom is -0.340 e. The topological polar surface area (TPSA) is 130 Å². The smallest absolute Gasteiger partial charge is 0.238 e. The summed E-state index contributed by atoms with van der Waals surface area (Å²) >= 11 is 0. The maximum atomic E-state index is 12.2. The Labute approximate surface area is 198 Å². The van der Waals surface area contributed by atoms with Crippen LogP contribution in [0.15, 0.2) is 47.5 Å². The molecule has 4 N–H and O–H groups in total. The highest BCUT2D eigenvalue weighted by molar-refractivity contribution is 7.89. The van der Waals surface area contributed by atoms with E-state index in [-0.39, 0.29) is 17.3 Å². The zero-order valence-electron chi connectivity index (χ0n) is 18.8. The molecule has 1 aromatic heterocycles. The van der Waals surface area contributed by atoms with Crippen LogP contribution in [0.2, 0.25) is 0 Å². The van der Waals surface area contributed by atoms with Crippen LogP contribution in [0.25, 0.3) is 0 Å². The Morgan fingerprint density at radius 1 is 1.09 bits per heavy atom. The molecule has 10 heteroatoms. The fourth-order valence-corrected chi connectivity index (χ4v) is 4.59. The molecule has 0 fully saturated rings. The van der Waals surface area contributed by atoms with Crippen molar-refractivity contribution in [3.05, 3.63) is 59.3 Å². The number of nitrogens with two attached hydrogens (primary N) is 1. The number of carbonyl (C=O) groups excluding carboxylic acids is 1. The molecule has 0 bridgehead atoms. The molecule has 9 nitrogen and oxygen atoms in total. The fraction of sp³-hybridized carbons (Fsp3) is 0.208. The van der Waals surface area contributed by atoms with Gasteiger partial charge >= 0.3 is 0 Å². The Kier molecular flexibility index (Phi) is 6.24. The van der Waals surface area contributed by atoms with Crippen molar-refractivity contribution >= 4 is 44.8 Å². The van der Waals surface area contributed by atoms with E-state index in [1.54, 1.807) is 30.2 Å². The lowest BCUT2D eigenvalue weighted by atomic mass is 10.0. The number of carbonyl (C=O) groups is 1. The van der Waals surface area contributed by atoms with Crippen molar-refractivity contribution < 1.29 is 13.2 Å². The monoisotopic (exact) mass is 476 g/mol. The molecule has 0 unspecified atom stereocenters. The average molecular weight is 477 g/mol. The molecule has 0 saturated carbocycles. The number of anilines is 5. The first-order chi connectivity index (χ1) is 16.2. The van der Waals surface area contributed by atoms with Crippen LogP contribution < -0.4 is 20.7 Å². The van der Waals surface area contributed by atoms with Gasteiger partial charge in [0.25, 0.3) is 0 Å². The number of hydrogen-bond donors (Lipinski definition) is 3. The van der Waals surface area contributed by atoms with E-state index in [1.807, 2.05) is 25.1 Å². The van der Waals surface area contributed by atoms with Crippen LogP contribution in [-0.4, -0.2) is 30.8 Å². The van der Waals surface area contributed by atoms with Gasteiger partial charge in [0.15, 0.2) is 0 Å². The summed E-state index contributed by atoms with van der Waals surface area (Å²) in [6, 6.07) is 10.6. The second-order valence-electron chi connectivity index (χ2n) is 8.03. The molecule has 1 amide bonds. The van der Waals surface area contributed by atoms with Crippen molar-refractivity contribution in [3.63, 3.8) is 0 Å². The third-order valence-electron chi connectivity index (χ3n) is 5.51. The zero-order chi connectivity index (χ0) is 24.5. The van der Waals surface area contributed by atoms with Crippen molar-refractivity contribution in [2.75, 3.05) is 22.1 Å². The normalized spacial score (nSPS) is 13.2. The highest BCUT2D eigenvalue weighted by Gasteiger charge is 2.23. The van der Waals surface area contributed by atoms with Gasteiger partial charge in [0.2, 0.25) is 21.9 Å². The van der Waals surface area contributed by atoms with Crippen molar-refractivity contribution in [2.45, 2.75) is 31.6 Å². The molecule has 34 heavy (non-hydrogen) atoms. The molecule has 0 aliphatic carbocycles. The molecular formula is C24H24N6O3S. The lowest BCUT2D eigenvalue weighted by molar-refractivity contribution is -0.118. The summed E-state index contributed by atoms with van der Waals surface area (Å²) in [5.41, 5.74) is 4.54. The predicted molar refractivity (Wildman–Crippen MR) is 132 cm³/mol. The quantitative estimate of drug-likeness (QED) is 0.466. The van der Waals surface area contributed by atoms with E-state index >= 15 is 0 Å². The number of hydrogen-bond acceptors (Lipinski definition) is 7. The van der Waals surface area contributed by atoms with Crippen molar-refractivity contribution in [1.29, 1.82) is 0 Å². The second-order valence-corrected chi connectivity index (χ2v) is 9.56. The van der Waals surface area contributed by atoms with Gasteiger partial charge in [0.05, 0.1) is 11.4 Å². The van der Waals surface area contributed by atoms with E-state index in [9.17, 15) is 13.2 Å². The van der Waals surface area contributed by atoms with Gasteiger partial charge in [-0.2, -0.15) is 4.98 Å². The highest BCUT2D eigenvalue weighted by Crippen LogP contribution is 2.31. The van der Waals surface area contributed by atoms with Crippen LogP contribution in [0.3, 0.4) is 0 Å². The molecule has 0 spiro atoms. The number of amides is 1. The van der Waals surface area contributed by atoms with Crippen LogP contribution in [0.4, 0.5) is 28.8 Å². The number of fused-ring (bicyclic) bond motifs is 1. The Hall–Kier alpha value is -3.94. The van der Waals surface area contributed by atoms with Crippen molar-refractivity contribution in [3.8, 4) is 12.3 Å². The van der Waals surface area contributed by atoms with Gasteiger partial charge in [0, 0.05) is 35.2 Å². The minimum atomic E-state index is -3.85. The van der Waals surface area contributed by atoms with Gasteiger partial charge in [-0.25, -0.2) is 18.5 Å². The summed E-state index contributed by atoms with van der Waals surface area (Å²) in [4.78, 5) is 22.7. The Morgan fingerprint density at radius 3 is 2.56 bits per heavy atom. The van der Waals surface area contributed by atoms with E-state index in [2.05, 4.69) is 26.5 Å². The second kappa shape index (κ2) is 9.13. The number of benzene rings is 2. The van der Waals surface area contributed by atoms with Crippen LogP contribution in [0.5, 0.6) is 0 Å². The maximum Gasteiger partial charge on any atom is 0.238 e. The van der Waals surface area contributed by atoms with Crippen molar-refractivity contribution in [2.24, 2.45) is 5.14 Å². The summed E-state index contributed by atoms with van der Waals surface area (Å²) in [6.07, 6.45) is 8.14. The van der Waals surface area contributed by atoms with Crippen LogP contribution >= 0.6 is 0 Å². The number of rotatable bonds is 6. The largest absolute Gasteiger partial charge is 0.340 e. The van der Waals surface area contributed by atoms with E-state index in [0.29, 0.717) is 35.9 Å². The van der Waals surface area contributed by atoms with Crippen molar-refractivity contribution in [1.82, 2.24) is 9.97 Å². The zero-order valence-corrected chi connectivity index (χ0v) is 19.6. The van der Waals surface area contributed by atoms with Crippen LogP contribution in [0, 0.1) is 26.2 Å². The van der Waals surface area contributed by atoms with E-state index in [1.165, 1.54) is 6.07 Å². The Morgan fingerprint density at radius 2 is 1.82 bits per heavy atom. The summed E-state index contributed by atoms with van der Waals surface area (Å²) < 4.78 is 23.6. The standard InChI is InChI=1S/C24H24N6O3S/c1-4-11-30-20-9-8-18(12-17(20)6-10-22(30)31)27-23-16(3)14-26-24(29-23)28-19-7-5-15(2)21(13-19)34(25,32)33/h1,5,7-9,12-14H,6,10-11H2,2-3H3,(H2,25,32,33)(H2,26,27,28,29). The summed E-state index contributed by atoms with van der Waals surface area (Å²) in [6.45, 7) is 3.79. The SMILES string of the molecule is C#CCN1C(=O)CCc2cc(Nc3nc(Nc4ccc(C)c(S(N)(=O)=O)c4)ncc3C)ccc21. The lowest BCUT2D eigenvalue weighted by Crippen LogP contribution is -2.35. The number of aromatic nitrogens is 2. The number of aryl methyl sites for hydroxylation is 3. The maximum absolute atomic E-state index is 12.2. The van der Waals surface area contributed by atoms with Gasteiger partial charge in [0.1, 0.15) is 5.82 Å². The van der Waals surface area contributed by atoms with E-state index < -0.39 is 10.0 Å². The van der Waals surface area contributed by atoms with E-state index in [4.69, 9.17) is 11.6 Å². The highest BCUT2D eigenvalue weighted by atomic mass is 32.2. The van der Waals surface area contributed by atoms with Crippen LogP contribution in [0.1, 0.15) is 23.1 Å². The Bertz CT molecular complexity index is 1430. The van der Waals surface area contributed by atoms with Crippen LogP contribution in [-0.2, 0) is 21.2 Å². The molecule has 3 aromatic rings. The number of nitrogens with zero attached hydrogens (tertiary/aromatic N) is 3. The molecule has 2 heterocycles. The third-order valence-corrected chi connectivity index (χ3v) is 6.57. The van der Waals surface area contributed by atoms with Gasteiger partial charge in [-0.05, 0) is 61.7 Å². The number of primary sulfonamides is 1. The fourth-order valence-electron chi connectivity index (χ4n) is 3.78. The Balaban J connectivity index is 1.58. The van der Waals surface area contributed by atoms with Gasteiger partial charge in [-0.15, -0.1) is 6.42 Å². The lowest BCUT2D eigenvalue weighted by Gasteiger charge is -2.28. The molecule has 4 rings (SSSR count). The predicted octanol–water partition coefficient (Wildman–Crippen LogP) is 3.14. The first-order valence-electron chi connectivity index (χ1n) is 10.5. The number of terminal acetylenes is 1. The molecule has 2 aromatic carbocycles. The van der Waals surface area contributed by atoms with Gasteiger partial charge < -0.3 is 15.5 Å². The minimum absolute atomic E-state index is 0.0234. The molecule has 0 atom stereocenters. The third kappa shape index (κ3) is 4.85. The molecular weight excluding hydrogens is 452 g/mol. The first kappa shape index (κ1) is 23.2. The number of nitrogens with one attached hydrogen (secondary N) is 2. The average Bonchev–Trinajstić information content (AvgIpc) is 2.78. The number of sulfonamides is 1. The molecule has 0 saturated heterocycles. The first-order valence-corrected chi connectivity index (χ1v) is 12.1. The molecule has 1 aliphatic heterocycles. The molecule has 174 valence electrons. The summed E-state index contributed by atoms with van der Waals surface area (Å²) in [5.74, 6) is 3.44. The van der Waals surface area contributed by atoms with Gasteiger partial charge in [-0.3, -0.25) is 4.79 Å². The molecule has 0 radical (unpaired) electrons. The van der Waals surface area contributed by atoms with Gasteiger partial charge in [-0.1, -0.05) is 12.0 Å². The summed E-state index contributed by atoms with van der Waals surface area (Å²) in [5, 5.41) is 11.6. The summed E-state index contributed by atoms with van der Waals surface area (Å²) in [7, 11) is -3.85. The van der Waals surface area contributed by atoms with E-state index in [0.717, 1.165) is 22.5 Å².